The molecule has 6 heteroatoms. The van der Waals surface area contributed by atoms with Gasteiger partial charge in [0.1, 0.15) is 0 Å². The zero-order chi connectivity index (χ0) is 11.7. The second kappa shape index (κ2) is 4.80. The molecule has 0 N–H and O–H groups in total. The molecule has 0 aliphatic heterocycles. The maximum absolute atomic E-state index is 4.44. The number of nitrogens with zero attached hydrogens (tertiary/aromatic N) is 4. The average Bonchev–Trinajstić information content (AvgIpc) is 2.81. The quantitative estimate of drug-likeness (QED) is 0.660. The number of thiol groups is 1. The Balaban J connectivity index is 1.64. The summed E-state index contributed by atoms with van der Waals surface area (Å²) in [6.07, 6.45) is 7.72. The standard InChI is InChI=1S/C11H18N4S2/c16-7-11(5-6-11)8-17-10-12-13-14-15(10)9-3-1-2-4-9/h9,16H,1-8H2. The molecule has 1 heterocycles. The van der Waals surface area contributed by atoms with Gasteiger partial charge in [0.2, 0.25) is 5.16 Å². The minimum absolute atomic E-state index is 0.472. The van der Waals surface area contributed by atoms with Crippen molar-refractivity contribution in [3.63, 3.8) is 0 Å². The van der Waals surface area contributed by atoms with E-state index in [4.69, 9.17) is 0 Å². The van der Waals surface area contributed by atoms with Gasteiger partial charge in [-0.25, -0.2) is 4.68 Å². The molecule has 0 atom stereocenters. The van der Waals surface area contributed by atoms with Gasteiger partial charge in [-0.05, 0) is 47.3 Å². The molecule has 0 saturated heterocycles. The lowest BCUT2D eigenvalue weighted by Crippen LogP contribution is -2.11. The summed E-state index contributed by atoms with van der Waals surface area (Å²) in [5, 5.41) is 13.2. The van der Waals surface area contributed by atoms with Crippen LogP contribution in [0.4, 0.5) is 0 Å². The molecule has 94 valence electrons. The van der Waals surface area contributed by atoms with Crippen molar-refractivity contribution in [1.29, 1.82) is 0 Å². The number of tetrazole rings is 1. The van der Waals surface area contributed by atoms with E-state index in [1.54, 1.807) is 0 Å². The van der Waals surface area contributed by atoms with Crippen molar-refractivity contribution in [2.24, 2.45) is 5.41 Å². The predicted molar refractivity (Wildman–Crippen MR) is 71.6 cm³/mol. The molecule has 17 heavy (non-hydrogen) atoms. The molecular weight excluding hydrogens is 252 g/mol. The van der Waals surface area contributed by atoms with Crippen LogP contribution in [0.1, 0.15) is 44.6 Å². The van der Waals surface area contributed by atoms with E-state index in [9.17, 15) is 0 Å². The van der Waals surface area contributed by atoms with Crippen LogP contribution in [0.5, 0.6) is 0 Å². The number of rotatable bonds is 5. The Morgan fingerprint density at radius 2 is 2.12 bits per heavy atom. The van der Waals surface area contributed by atoms with Crippen molar-refractivity contribution in [2.75, 3.05) is 11.5 Å². The molecule has 1 aromatic heterocycles. The van der Waals surface area contributed by atoms with Crippen LogP contribution < -0.4 is 0 Å². The zero-order valence-electron chi connectivity index (χ0n) is 9.88. The lowest BCUT2D eigenvalue weighted by Gasteiger charge is -2.13. The lowest BCUT2D eigenvalue weighted by molar-refractivity contribution is 0.422. The molecule has 2 aliphatic rings. The van der Waals surface area contributed by atoms with E-state index >= 15 is 0 Å². The minimum atomic E-state index is 0.472. The largest absolute Gasteiger partial charge is 0.217 e. The number of thioether (sulfide) groups is 1. The van der Waals surface area contributed by atoms with Crippen LogP contribution in [0.3, 0.4) is 0 Å². The highest BCUT2D eigenvalue weighted by Gasteiger charge is 2.41. The Bertz CT molecular complexity index is 383. The highest BCUT2D eigenvalue weighted by molar-refractivity contribution is 7.99. The molecule has 0 spiro atoms. The van der Waals surface area contributed by atoms with Gasteiger partial charge in [-0.15, -0.1) is 5.10 Å². The van der Waals surface area contributed by atoms with Crippen LogP contribution in [-0.2, 0) is 0 Å². The highest BCUT2D eigenvalue weighted by atomic mass is 32.2. The lowest BCUT2D eigenvalue weighted by atomic mass is 10.2. The van der Waals surface area contributed by atoms with E-state index in [0.29, 0.717) is 11.5 Å². The van der Waals surface area contributed by atoms with Crippen molar-refractivity contribution >= 4 is 24.4 Å². The third-order valence-corrected chi connectivity index (χ3v) is 5.89. The summed E-state index contributed by atoms with van der Waals surface area (Å²) in [5.74, 6) is 2.11. The summed E-state index contributed by atoms with van der Waals surface area (Å²) in [6.45, 7) is 0. The SMILES string of the molecule is SCC1(CSc2nnnn2C2CCCC2)CC1. The smallest absolute Gasteiger partial charge is 0.209 e. The molecule has 0 amide bonds. The van der Waals surface area contributed by atoms with E-state index in [-0.39, 0.29) is 0 Å². The summed E-state index contributed by atoms with van der Waals surface area (Å²) in [7, 11) is 0. The Morgan fingerprint density at radius 1 is 1.35 bits per heavy atom. The molecule has 0 unspecified atom stereocenters. The first-order valence-corrected chi connectivity index (χ1v) is 7.96. The fraction of sp³-hybridized carbons (Fsp3) is 0.909. The van der Waals surface area contributed by atoms with E-state index in [1.807, 2.05) is 16.4 Å². The topological polar surface area (TPSA) is 43.6 Å². The minimum Gasteiger partial charge on any atom is -0.217 e. The summed E-state index contributed by atoms with van der Waals surface area (Å²) in [6, 6.07) is 0.540. The maximum atomic E-state index is 4.44. The average molecular weight is 270 g/mol. The Hall–Kier alpha value is -0.230. The fourth-order valence-electron chi connectivity index (χ4n) is 2.40. The molecule has 0 bridgehead atoms. The van der Waals surface area contributed by atoms with Gasteiger partial charge >= 0.3 is 0 Å². The van der Waals surface area contributed by atoms with Gasteiger partial charge in [-0.3, -0.25) is 0 Å². The molecule has 4 nitrogen and oxygen atoms in total. The van der Waals surface area contributed by atoms with Crippen LogP contribution in [0, 0.1) is 5.41 Å². The monoisotopic (exact) mass is 270 g/mol. The van der Waals surface area contributed by atoms with Crippen molar-refractivity contribution in [3.8, 4) is 0 Å². The molecule has 2 aliphatic carbocycles. The molecule has 1 aromatic rings. The van der Waals surface area contributed by atoms with Crippen molar-refractivity contribution in [1.82, 2.24) is 20.2 Å². The van der Waals surface area contributed by atoms with Gasteiger partial charge < -0.3 is 0 Å². The zero-order valence-corrected chi connectivity index (χ0v) is 11.6. The molecule has 3 rings (SSSR count). The number of aromatic nitrogens is 4. The molecule has 2 saturated carbocycles. The van der Waals surface area contributed by atoms with Gasteiger partial charge in [0.25, 0.3) is 0 Å². The van der Waals surface area contributed by atoms with Crippen molar-refractivity contribution < 1.29 is 0 Å². The number of hydrogen-bond acceptors (Lipinski definition) is 5. The van der Waals surface area contributed by atoms with Gasteiger partial charge in [-0.2, -0.15) is 12.6 Å². The summed E-state index contributed by atoms with van der Waals surface area (Å²) >= 11 is 6.25. The Kier molecular flexibility index (Phi) is 3.34. The normalized spacial score (nSPS) is 23.1. The second-order valence-electron chi connectivity index (χ2n) is 5.29. The predicted octanol–water partition coefficient (Wildman–Crippen LogP) is 2.59. The van der Waals surface area contributed by atoms with Crippen LogP contribution in [0.2, 0.25) is 0 Å². The third-order valence-electron chi connectivity index (χ3n) is 3.93. The first-order valence-electron chi connectivity index (χ1n) is 6.35. The van der Waals surface area contributed by atoms with Gasteiger partial charge in [0.15, 0.2) is 0 Å². The van der Waals surface area contributed by atoms with Crippen LogP contribution in [0.15, 0.2) is 5.16 Å². The van der Waals surface area contributed by atoms with Crippen LogP contribution in [0.25, 0.3) is 0 Å². The molecule has 0 aromatic carbocycles. The molecule has 0 radical (unpaired) electrons. The van der Waals surface area contributed by atoms with E-state index in [2.05, 4.69) is 28.2 Å². The van der Waals surface area contributed by atoms with Gasteiger partial charge in [0.05, 0.1) is 6.04 Å². The van der Waals surface area contributed by atoms with Gasteiger partial charge in [0, 0.05) is 5.75 Å². The van der Waals surface area contributed by atoms with Gasteiger partial charge in [-0.1, -0.05) is 24.6 Å². The third kappa shape index (κ3) is 2.47. The van der Waals surface area contributed by atoms with Crippen molar-refractivity contribution in [3.05, 3.63) is 0 Å². The summed E-state index contributed by atoms with van der Waals surface area (Å²) in [4.78, 5) is 0. The van der Waals surface area contributed by atoms with Crippen LogP contribution in [-0.4, -0.2) is 31.7 Å². The maximum Gasteiger partial charge on any atom is 0.209 e. The van der Waals surface area contributed by atoms with E-state index < -0.39 is 0 Å². The van der Waals surface area contributed by atoms with Crippen molar-refractivity contribution in [2.45, 2.75) is 49.7 Å². The molecular formula is C11H18N4S2. The summed E-state index contributed by atoms with van der Waals surface area (Å²) < 4.78 is 2.05. The van der Waals surface area contributed by atoms with Crippen LogP contribution >= 0.6 is 24.4 Å². The van der Waals surface area contributed by atoms with E-state index in [1.165, 1.54) is 38.5 Å². The first-order chi connectivity index (χ1) is 8.33. The summed E-state index contributed by atoms with van der Waals surface area (Å²) in [5.41, 5.74) is 0.472. The second-order valence-corrected chi connectivity index (χ2v) is 6.55. The Labute approximate surface area is 111 Å². The molecule has 2 fully saturated rings. The van der Waals surface area contributed by atoms with E-state index in [0.717, 1.165) is 16.7 Å². The highest BCUT2D eigenvalue weighted by Crippen LogP contribution is 2.49. The first kappa shape index (κ1) is 11.8. The fourth-order valence-corrected chi connectivity index (χ4v) is 4.22. The number of hydrogen-bond donors (Lipinski definition) is 1. The Morgan fingerprint density at radius 3 is 2.76 bits per heavy atom.